The number of carbonyl (C=O) groups is 1. The number of thiophene rings is 1. The number of hydrogen-bond acceptors (Lipinski definition) is 4. The van der Waals surface area contributed by atoms with Crippen LogP contribution in [0, 0.1) is 17.2 Å². The molecular weight excluding hydrogens is 356 g/mol. The number of hydrogen-bond donors (Lipinski definition) is 1. The maximum Gasteiger partial charge on any atom is 0.249 e. The van der Waals surface area contributed by atoms with Gasteiger partial charge < -0.3 is 10.1 Å². The van der Waals surface area contributed by atoms with Crippen molar-refractivity contribution in [3.8, 4) is 11.8 Å². The van der Waals surface area contributed by atoms with Crippen LogP contribution in [0.1, 0.15) is 48.3 Å². The second kappa shape index (κ2) is 8.88. The monoisotopic (exact) mass is 380 g/mol. The molecule has 3 rings (SSSR count). The Hall–Kier alpha value is -2.58. The molecule has 0 aliphatic heterocycles. The van der Waals surface area contributed by atoms with Gasteiger partial charge >= 0.3 is 0 Å². The average molecular weight is 381 g/mol. The molecule has 1 N–H and O–H groups in total. The van der Waals surface area contributed by atoms with Crippen LogP contribution in [0.25, 0.3) is 6.08 Å². The van der Waals surface area contributed by atoms with Gasteiger partial charge in [-0.25, -0.2) is 0 Å². The number of fused-ring (bicyclic) bond motifs is 1. The molecule has 1 heterocycles. The Kier molecular flexibility index (Phi) is 6.31. The van der Waals surface area contributed by atoms with E-state index in [-0.39, 0.29) is 5.91 Å². The van der Waals surface area contributed by atoms with Gasteiger partial charge in [0.05, 0.1) is 12.2 Å². The summed E-state index contributed by atoms with van der Waals surface area (Å²) >= 11 is 1.54. The highest BCUT2D eigenvalue weighted by Gasteiger charge is 2.24. The summed E-state index contributed by atoms with van der Waals surface area (Å²) in [4.78, 5) is 13.6. The summed E-state index contributed by atoms with van der Waals surface area (Å²) < 4.78 is 5.56. The van der Waals surface area contributed by atoms with E-state index in [1.165, 1.54) is 11.0 Å². The molecule has 0 radical (unpaired) electrons. The molecule has 0 saturated carbocycles. The molecule has 0 bridgehead atoms. The molecule has 1 atom stereocenters. The van der Waals surface area contributed by atoms with Gasteiger partial charge in [0, 0.05) is 11.0 Å². The van der Waals surface area contributed by atoms with Crippen LogP contribution in [-0.4, -0.2) is 12.5 Å². The molecule has 1 aromatic carbocycles. The SMILES string of the molecule is CCCOc1ccc(C=CC(=O)Nc2sc3c(c2C#N)CCC(C)C3)cc1. The number of nitriles is 1. The maximum absolute atomic E-state index is 12.3. The van der Waals surface area contributed by atoms with E-state index in [1.807, 2.05) is 24.3 Å². The smallest absolute Gasteiger partial charge is 0.249 e. The molecule has 5 heteroatoms. The summed E-state index contributed by atoms with van der Waals surface area (Å²) in [6, 6.07) is 9.91. The van der Waals surface area contributed by atoms with Gasteiger partial charge in [-0.3, -0.25) is 4.79 Å². The van der Waals surface area contributed by atoms with Crippen LogP contribution >= 0.6 is 11.3 Å². The lowest BCUT2D eigenvalue weighted by Gasteiger charge is -2.17. The number of ether oxygens (including phenoxy) is 1. The lowest BCUT2D eigenvalue weighted by molar-refractivity contribution is -0.111. The molecule has 1 amide bonds. The molecule has 1 aliphatic rings. The van der Waals surface area contributed by atoms with Gasteiger partial charge in [0.1, 0.15) is 16.8 Å². The third-order valence-electron chi connectivity index (χ3n) is 4.64. The molecule has 1 unspecified atom stereocenters. The number of nitrogens with one attached hydrogen (secondary N) is 1. The van der Waals surface area contributed by atoms with E-state index in [4.69, 9.17) is 4.74 Å². The summed E-state index contributed by atoms with van der Waals surface area (Å²) in [5.41, 5.74) is 2.69. The first-order valence-electron chi connectivity index (χ1n) is 9.37. The normalized spacial score (nSPS) is 16.0. The Morgan fingerprint density at radius 3 is 2.89 bits per heavy atom. The Bertz CT molecular complexity index is 875. The van der Waals surface area contributed by atoms with Crippen LogP contribution < -0.4 is 10.1 Å². The van der Waals surface area contributed by atoms with Crippen molar-refractivity contribution in [2.24, 2.45) is 5.92 Å². The summed E-state index contributed by atoms with van der Waals surface area (Å²) in [6.07, 6.45) is 7.26. The summed E-state index contributed by atoms with van der Waals surface area (Å²) in [7, 11) is 0. The zero-order valence-electron chi connectivity index (χ0n) is 15.7. The molecule has 140 valence electrons. The Balaban J connectivity index is 1.66. The van der Waals surface area contributed by atoms with E-state index >= 15 is 0 Å². The minimum Gasteiger partial charge on any atom is -0.494 e. The highest BCUT2D eigenvalue weighted by Crippen LogP contribution is 2.39. The second-order valence-electron chi connectivity index (χ2n) is 6.91. The Morgan fingerprint density at radius 2 is 2.19 bits per heavy atom. The van der Waals surface area contributed by atoms with Gasteiger partial charge in [-0.1, -0.05) is 26.0 Å². The molecule has 2 aromatic rings. The van der Waals surface area contributed by atoms with Crippen LogP contribution in [0.3, 0.4) is 0 Å². The second-order valence-corrected chi connectivity index (χ2v) is 8.01. The van der Waals surface area contributed by atoms with Crippen molar-refractivity contribution in [1.82, 2.24) is 0 Å². The maximum atomic E-state index is 12.3. The minimum atomic E-state index is -0.218. The summed E-state index contributed by atoms with van der Waals surface area (Å²) in [5.74, 6) is 1.25. The molecular formula is C22H24N2O2S. The van der Waals surface area contributed by atoms with E-state index in [0.29, 0.717) is 23.1 Å². The van der Waals surface area contributed by atoms with Crippen LogP contribution in [0.2, 0.25) is 0 Å². The topological polar surface area (TPSA) is 62.1 Å². The van der Waals surface area contributed by atoms with Gasteiger partial charge in [0.25, 0.3) is 0 Å². The predicted molar refractivity (Wildman–Crippen MR) is 110 cm³/mol. The first kappa shape index (κ1) is 19.2. The summed E-state index contributed by atoms with van der Waals surface area (Å²) in [5, 5.41) is 13.1. The van der Waals surface area contributed by atoms with Crippen molar-refractivity contribution in [2.45, 2.75) is 39.5 Å². The molecule has 27 heavy (non-hydrogen) atoms. The first-order chi connectivity index (χ1) is 13.1. The van der Waals surface area contributed by atoms with Crippen molar-refractivity contribution < 1.29 is 9.53 Å². The van der Waals surface area contributed by atoms with E-state index in [9.17, 15) is 10.1 Å². The Labute approximate surface area is 164 Å². The summed E-state index contributed by atoms with van der Waals surface area (Å²) in [6.45, 7) is 4.99. The average Bonchev–Trinajstić information content (AvgIpc) is 3.01. The van der Waals surface area contributed by atoms with Gasteiger partial charge in [-0.05, 0) is 60.9 Å². The van der Waals surface area contributed by atoms with Crippen LogP contribution in [0.4, 0.5) is 5.00 Å². The molecule has 1 aliphatic carbocycles. The molecule has 0 spiro atoms. The molecule has 4 nitrogen and oxygen atoms in total. The fourth-order valence-corrected chi connectivity index (χ4v) is 4.54. The largest absolute Gasteiger partial charge is 0.494 e. The van der Waals surface area contributed by atoms with Gasteiger partial charge in [-0.2, -0.15) is 5.26 Å². The Morgan fingerprint density at radius 1 is 1.41 bits per heavy atom. The van der Waals surface area contributed by atoms with Crippen molar-refractivity contribution in [1.29, 1.82) is 5.26 Å². The number of benzene rings is 1. The zero-order chi connectivity index (χ0) is 19.2. The van der Waals surface area contributed by atoms with Crippen LogP contribution in [0.15, 0.2) is 30.3 Å². The van der Waals surface area contributed by atoms with Crippen LogP contribution in [-0.2, 0) is 17.6 Å². The van der Waals surface area contributed by atoms with Crippen LogP contribution in [0.5, 0.6) is 5.75 Å². The fraction of sp³-hybridized carbons (Fsp3) is 0.364. The van der Waals surface area contributed by atoms with Crippen molar-refractivity contribution in [2.75, 3.05) is 11.9 Å². The third-order valence-corrected chi connectivity index (χ3v) is 5.81. The minimum absolute atomic E-state index is 0.218. The fourth-order valence-electron chi connectivity index (χ4n) is 3.18. The quantitative estimate of drug-likeness (QED) is 0.702. The lowest BCUT2D eigenvalue weighted by atomic mass is 9.89. The standard InChI is InChI=1S/C22H24N2O2S/c1-3-12-26-17-8-5-16(6-9-17)7-11-21(25)24-22-19(14-23)18-10-4-15(2)13-20(18)27-22/h5-9,11,15H,3-4,10,12-13H2,1-2H3,(H,24,25). The molecule has 0 fully saturated rings. The zero-order valence-corrected chi connectivity index (χ0v) is 16.6. The highest BCUT2D eigenvalue weighted by atomic mass is 32.1. The third kappa shape index (κ3) is 4.78. The molecule has 1 aromatic heterocycles. The number of carbonyl (C=O) groups excluding carboxylic acids is 1. The number of rotatable bonds is 6. The van der Waals surface area contributed by atoms with E-state index in [1.54, 1.807) is 17.4 Å². The lowest BCUT2D eigenvalue weighted by Crippen LogP contribution is -2.10. The van der Waals surface area contributed by atoms with Gasteiger partial charge in [-0.15, -0.1) is 11.3 Å². The predicted octanol–water partition coefficient (Wildman–Crippen LogP) is 5.19. The number of nitrogens with zero attached hydrogens (tertiary/aromatic N) is 1. The van der Waals surface area contributed by atoms with Gasteiger partial charge in [0.15, 0.2) is 0 Å². The van der Waals surface area contributed by atoms with Crippen molar-refractivity contribution >= 4 is 28.3 Å². The van der Waals surface area contributed by atoms with Crippen molar-refractivity contribution in [3.05, 3.63) is 51.9 Å². The van der Waals surface area contributed by atoms with E-state index in [2.05, 4.69) is 25.2 Å². The van der Waals surface area contributed by atoms with Gasteiger partial charge in [0.2, 0.25) is 5.91 Å². The number of amides is 1. The molecule has 0 saturated heterocycles. The van der Waals surface area contributed by atoms with E-state index in [0.717, 1.165) is 42.6 Å². The van der Waals surface area contributed by atoms with Crippen molar-refractivity contribution in [3.63, 3.8) is 0 Å². The highest BCUT2D eigenvalue weighted by molar-refractivity contribution is 7.16. The van der Waals surface area contributed by atoms with E-state index < -0.39 is 0 Å². The first-order valence-corrected chi connectivity index (χ1v) is 10.2. The number of anilines is 1.